The number of hydrogen-bond donors (Lipinski definition) is 1. The van der Waals surface area contributed by atoms with Crippen molar-refractivity contribution in [1.29, 1.82) is 0 Å². The van der Waals surface area contributed by atoms with Gasteiger partial charge in [-0.2, -0.15) is 0 Å². The number of rotatable bonds is 2. The second-order valence-corrected chi connectivity index (χ2v) is 3.90. The standard InChI is InChI=1S/C11H18O/c1-9(2)6-7-11(5,12)8-10(3)4/h10,12H,1,8H2,2-5H3. The third-order valence-electron chi connectivity index (χ3n) is 1.35. The van der Waals surface area contributed by atoms with Crippen LogP contribution in [0.15, 0.2) is 12.2 Å². The fraction of sp³-hybridized carbons (Fsp3) is 0.636. The van der Waals surface area contributed by atoms with Gasteiger partial charge in [0.15, 0.2) is 0 Å². The van der Waals surface area contributed by atoms with Gasteiger partial charge in [0.05, 0.1) is 0 Å². The van der Waals surface area contributed by atoms with Crippen molar-refractivity contribution in [3.8, 4) is 11.8 Å². The maximum absolute atomic E-state index is 9.72. The molecule has 0 fully saturated rings. The van der Waals surface area contributed by atoms with E-state index in [0.717, 1.165) is 5.57 Å². The lowest BCUT2D eigenvalue weighted by Crippen LogP contribution is -2.23. The Balaban J connectivity index is 4.24. The minimum Gasteiger partial charge on any atom is -0.378 e. The molecule has 1 atom stereocenters. The van der Waals surface area contributed by atoms with Gasteiger partial charge in [0.25, 0.3) is 0 Å². The van der Waals surface area contributed by atoms with Crippen molar-refractivity contribution in [2.24, 2.45) is 5.92 Å². The minimum absolute atomic E-state index is 0.458. The quantitative estimate of drug-likeness (QED) is 0.624. The molecule has 0 aromatic carbocycles. The highest BCUT2D eigenvalue weighted by atomic mass is 16.3. The third-order valence-corrected chi connectivity index (χ3v) is 1.35. The number of allylic oxidation sites excluding steroid dienone is 1. The molecule has 1 unspecified atom stereocenters. The Morgan fingerprint density at radius 2 is 2.08 bits per heavy atom. The predicted molar refractivity (Wildman–Crippen MR) is 52.7 cm³/mol. The Hall–Kier alpha value is -0.740. The Bertz CT molecular complexity index is 213. The maximum atomic E-state index is 9.72. The largest absolute Gasteiger partial charge is 0.378 e. The van der Waals surface area contributed by atoms with Crippen molar-refractivity contribution in [3.63, 3.8) is 0 Å². The van der Waals surface area contributed by atoms with Crippen LogP contribution >= 0.6 is 0 Å². The molecule has 1 nitrogen and oxygen atoms in total. The highest BCUT2D eigenvalue weighted by molar-refractivity contribution is 5.27. The molecule has 0 aliphatic rings. The van der Waals surface area contributed by atoms with E-state index >= 15 is 0 Å². The van der Waals surface area contributed by atoms with Crippen LogP contribution in [0.3, 0.4) is 0 Å². The monoisotopic (exact) mass is 166 g/mol. The Labute approximate surface area is 75.5 Å². The van der Waals surface area contributed by atoms with Crippen LogP contribution in [-0.2, 0) is 0 Å². The van der Waals surface area contributed by atoms with Gasteiger partial charge in [-0.3, -0.25) is 0 Å². The molecule has 0 aliphatic heterocycles. The highest BCUT2D eigenvalue weighted by Gasteiger charge is 2.17. The molecule has 0 rings (SSSR count). The molecule has 0 aliphatic carbocycles. The second-order valence-electron chi connectivity index (χ2n) is 3.90. The van der Waals surface area contributed by atoms with Crippen LogP contribution in [-0.4, -0.2) is 10.7 Å². The summed E-state index contributed by atoms with van der Waals surface area (Å²) in [5.41, 5.74) is -0.0772. The minimum atomic E-state index is -0.868. The van der Waals surface area contributed by atoms with Crippen LogP contribution in [0.25, 0.3) is 0 Å². The average molecular weight is 166 g/mol. The van der Waals surface area contributed by atoms with Gasteiger partial charge in [0.1, 0.15) is 5.60 Å². The molecule has 0 amide bonds. The average Bonchev–Trinajstić information content (AvgIpc) is 1.81. The molecule has 0 saturated carbocycles. The van der Waals surface area contributed by atoms with Crippen LogP contribution < -0.4 is 0 Å². The number of aliphatic hydroxyl groups is 1. The normalized spacial score (nSPS) is 14.8. The molecule has 0 saturated heterocycles. The lowest BCUT2D eigenvalue weighted by Gasteiger charge is -2.18. The Morgan fingerprint density at radius 1 is 1.58 bits per heavy atom. The molecule has 0 heterocycles. The van der Waals surface area contributed by atoms with E-state index in [9.17, 15) is 5.11 Å². The summed E-state index contributed by atoms with van der Waals surface area (Å²) in [7, 11) is 0. The van der Waals surface area contributed by atoms with Crippen LogP contribution in [0, 0.1) is 17.8 Å². The summed E-state index contributed by atoms with van der Waals surface area (Å²) < 4.78 is 0. The van der Waals surface area contributed by atoms with E-state index in [1.54, 1.807) is 6.92 Å². The first-order chi connectivity index (χ1) is 5.33. The van der Waals surface area contributed by atoms with Gasteiger partial charge >= 0.3 is 0 Å². The lowest BCUT2D eigenvalue weighted by molar-refractivity contribution is 0.0976. The van der Waals surface area contributed by atoms with Crippen LogP contribution in [0.4, 0.5) is 0 Å². The summed E-state index contributed by atoms with van der Waals surface area (Å²) in [5, 5.41) is 9.72. The SMILES string of the molecule is C=C(C)C#CC(C)(O)CC(C)C. The van der Waals surface area contributed by atoms with Crippen molar-refractivity contribution >= 4 is 0 Å². The van der Waals surface area contributed by atoms with Crippen molar-refractivity contribution in [3.05, 3.63) is 12.2 Å². The summed E-state index contributed by atoms with van der Waals surface area (Å²) in [6.07, 6.45) is 0.702. The van der Waals surface area contributed by atoms with E-state index in [2.05, 4.69) is 32.3 Å². The zero-order valence-corrected chi connectivity index (χ0v) is 8.44. The number of hydrogen-bond acceptors (Lipinski definition) is 1. The maximum Gasteiger partial charge on any atom is 0.123 e. The lowest BCUT2D eigenvalue weighted by atomic mass is 9.95. The summed E-state index contributed by atoms with van der Waals surface area (Å²) in [5.74, 6) is 6.05. The molecule has 68 valence electrons. The van der Waals surface area contributed by atoms with E-state index in [-0.39, 0.29) is 0 Å². The van der Waals surface area contributed by atoms with E-state index in [0.29, 0.717) is 12.3 Å². The van der Waals surface area contributed by atoms with Gasteiger partial charge in [0.2, 0.25) is 0 Å². The summed E-state index contributed by atoms with van der Waals surface area (Å²) >= 11 is 0. The van der Waals surface area contributed by atoms with E-state index in [4.69, 9.17) is 0 Å². The van der Waals surface area contributed by atoms with Crippen molar-refractivity contribution < 1.29 is 5.11 Å². The summed E-state index contributed by atoms with van der Waals surface area (Å²) in [6.45, 7) is 11.4. The molecule has 0 aromatic heterocycles. The molecule has 1 N–H and O–H groups in total. The molecule has 0 bridgehead atoms. The van der Waals surface area contributed by atoms with Crippen molar-refractivity contribution in [1.82, 2.24) is 0 Å². The smallest absolute Gasteiger partial charge is 0.123 e. The van der Waals surface area contributed by atoms with Gasteiger partial charge in [-0.25, -0.2) is 0 Å². The van der Waals surface area contributed by atoms with E-state index in [1.807, 2.05) is 6.92 Å². The molecule has 1 heteroatoms. The second kappa shape index (κ2) is 4.33. The predicted octanol–water partition coefficient (Wildman–Crippen LogP) is 2.36. The zero-order valence-electron chi connectivity index (χ0n) is 8.44. The Kier molecular flexibility index (Phi) is 4.06. The molecule has 12 heavy (non-hydrogen) atoms. The highest BCUT2D eigenvalue weighted by Crippen LogP contribution is 2.14. The first-order valence-electron chi connectivity index (χ1n) is 4.24. The fourth-order valence-electron chi connectivity index (χ4n) is 1.09. The first-order valence-corrected chi connectivity index (χ1v) is 4.24. The molecular weight excluding hydrogens is 148 g/mol. The first kappa shape index (κ1) is 11.3. The molecular formula is C11H18O. The van der Waals surface area contributed by atoms with Crippen LogP contribution in [0.1, 0.15) is 34.1 Å². The molecule has 0 spiro atoms. The fourth-order valence-corrected chi connectivity index (χ4v) is 1.09. The van der Waals surface area contributed by atoms with Gasteiger partial charge in [0, 0.05) is 0 Å². The van der Waals surface area contributed by atoms with Crippen LogP contribution in [0.5, 0.6) is 0 Å². The third kappa shape index (κ3) is 6.00. The van der Waals surface area contributed by atoms with Crippen molar-refractivity contribution in [2.45, 2.75) is 39.7 Å². The summed E-state index contributed by atoms with van der Waals surface area (Å²) in [6, 6.07) is 0. The zero-order chi connectivity index (χ0) is 9.78. The van der Waals surface area contributed by atoms with Gasteiger partial charge in [-0.05, 0) is 31.8 Å². The van der Waals surface area contributed by atoms with Gasteiger partial charge < -0.3 is 5.11 Å². The van der Waals surface area contributed by atoms with Gasteiger partial charge in [-0.1, -0.05) is 32.3 Å². The molecule has 0 aromatic rings. The Morgan fingerprint density at radius 3 is 2.42 bits per heavy atom. The van der Waals surface area contributed by atoms with E-state index in [1.165, 1.54) is 0 Å². The van der Waals surface area contributed by atoms with E-state index < -0.39 is 5.60 Å². The van der Waals surface area contributed by atoms with Crippen molar-refractivity contribution in [2.75, 3.05) is 0 Å². The summed E-state index contributed by atoms with van der Waals surface area (Å²) in [4.78, 5) is 0. The topological polar surface area (TPSA) is 20.2 Å². The molecule has 0 radical (unpaired) electrons. The van der Waals surface area contributed by atoms with Crippen LogP contribution in [0.2, 0.25) is 0 Å². The van der Waals surface area contributed by atoms with Gasteiger partial charge in [-0.15, -0.1) is 0 Å².